The topological polar surface area (TPSA) is 0 Å². The Morgan fingerprint density at radius 3 is 1.92 bits per heavy atom. The molecule has 0 saturated carbocycles. The summed E-state index contributed by atoms with van der Waals surface area (Å²) in [6.07, 6.45) is 5.43. The van der Waals surface area contributed by atoms with Gasteiger partial charge in [0.1, 0.15) is 6.54 Å². The fourth-order valence-electron chi connectivity index (χ4n) is 4.94. The summed E-state index contributed by atoms with van der Waals surface area (Å²) >= 11 is 0. The molecular weight excluding hydrogens is 382 g/mol. The van der Waals surface area contributed by atoms with Crippen LogP contribution in [0.5, 0.6) is 0 Å². The molecule has 3 heterocycles. The third kappa shape index (κ3) is 3.82. The average Bonchev–Trinajstić information content (AvgIpc) is 2.69. The van der Waals surface area contributed by atoms with Gasteiger partial charge in [0.2, 0.25) is 0 Å². The first-order chi connectivity index (χ1) is 12.3. The van der Waals surface area contributed by atoms with Crippen molar-refractivity contribution in [2.45, 2.75) is 32.6 Å². The lowest BCUT2D eigenvalue weighted by Gasteiger charge is -2.51. The second-order valence-electron chi connectivity index (χ2n) is 7.93. The molecule has 0 unspecified atom stereocenters. The quantitative estimate of drug-likeness (QED) is 0.663. The van der Waals surface area contributed by atoms with Gasteiger partial charge in [-0.15, -0.1) is 0 Å². The van der Waals surface area contributed by atoms with E-state index in [0.717, 1.165) is 5.92 Å². The molecule has 2 aromatic rings. The van der Waals surface area contributed by atoms with E-state index in [-0.39, 0.29) is 17.0 Å². The number of piperidine rings is 3. The summed E-state index contributed by atoms with van der Waals surface area (Å²) in [7, 11) is 0. The zero-order chi connectivity index (χ0) is 17.1. The van der Waals surface area contributed by atoms with E-state index < -0.39 is 0 Å². The van der Waals surface area contributed by atoms with Crippen molar-refractivity contribution in [3.05, 3.63) is 77.4 Å². The first-order valence-electron chi connectivity index (χ1n) is 10.0. The Morgan fingerprint density at radius 1 is 0.885 bits per heavy atom. The van der Waals surface area contributed by atoms with Crippen LogP contribution < -0.4 is 17.0 Å². The van der Waals surface area contributed by atoms with E-state index in [4.69, 9.17) is 0 Å². The lowest BCUT2D eigenvalue weighted by atomic mass is 9.76. The number of rotatable bonds is 5. The first-order valence-corrected chi connectivity index (χ1v) is 10.0. The molecule has 0 amide bonds. The van der Waals surface area contributed by atoms with Gasteiger partial charge in [0.25, 0.3) is 0 Å². The second-order valence-corrected chi connectivity index (χ2v) is 7.93. The van der Waals surface area contributed by atoms with Gasteiger partial charge >= 0.3 is 0 Å². The van der Waals surface area contributed by atoms with Crippen molar-refractivity contribution in [3.63, 3.8) is 0 Å². The molecule has 0 atom stereocenters. The van der Waals surface area contributed by atoms with Crippen LogP contribution in [0.2, 0.25) is 0 Å². The average molecular weight is 412 g/mol. The highest BCUT2D eigenvalue weighted by atomic mass is 79.9. The minimum Gasteiger partial charge on any atom is -1.00 e. The van der Waals surface area contributed by atoms with Crippen LogP contribution in [0.15, 0.2) is 66.2 Å². The Labute approximate surface area is 169 Å². The van der Waals surface area contributed by atoms with E-state index in [1.54, 1.807) is 5.57 Å². The summed E-state index contributed by atoms with van der Waals surface area (Å²) in [5, 5.41) is 0. The van der Waals surface area contributed by atoms with Crippen LogP contribution in [-0.2, 0) is 0 Å². The number of halogens is 1. The molecule has 2 heteroatoms. The molecule has 0 spiro atoms. The molecule has 0 radical (unpaired) electrons. The van der Waals surface area contributed by atoms with E-state index in [2.05, 4.69) is 67.6 Å². The third-order valence-electron chi connectivity index (χ3n) is 6.33. The molecule has 1 nitrogen and oxygen atoms in total. The number of fused-ring (bicyclic) bond motifs is 3. The van der Waals surface area contributed by atoms with Crippen LogP contribution in [0.4, 0.5) is 0 Å². The fourth-order valence-corrected chi connectivity index (χ4v) is 4.94. The molecule has 2 bridgehead atoms. The highest BCUT2D eigenvalue weighted by molar-refractivity contribution is 5.82. The van der Waals surface area contributed by atoms with E-state index in [1.165, 1.54) is 73.0 Å². The molecule has 5 rings (SSSR count). The summed E-state index contributed by atoms with van der Waals surface area (Å²) < 4.78 is 1.34. The van der Waals surface area contributed by atoms with Gasteiger partial charge in [0, 0.05) is 12.8 Å². The number of hydrogen-bond acceptors (Lipinski definition) is 0. The standard InChI is InChI=1S/C24H30N.BrH/c1-2-3-16-25-17-14-20(15-18-25)23(19-25)24(21-10-6-4-7-11-21)22-12-8-5-9-13-22;/h4-13,20H,2-3,14-19H2,1H3;1H/q+1;/p-1. The molecule has 2 aromatic carbocycles. The Balaban J connectivity index is 0.00000196. The highest BCUT2D eigenvalue weighted by Crippen LogP contribution is 2.43. The van der Waals surface area contributed by atoms with Crippen LogP contribution in [-0.4, -0.2) is 30.7 Å². The molecule has 3 aliphatic heterocycles. The normalized spacial score (nSPS) is 24.2. The van der Waals surface area contributed by atoms with E-state index in [0.29, 0.717) is 0 Å². The molecule has 3 aliphatic rings. The maximum Gasteiger partial charge on any atom is 0.102 e. The van der Waals surface area contributed by atoms with Crippen molar-refractivity contribution in [1.82, 2.24) is 0 Å². The fraction of sp³-hybridized carbons (Fsp3) is 0.417. The molecule has 0 aromatic heterocycles. The van der Waals surface area contributed by atoms with Crippen molar-refractivity contribution >= 4 is 5.57 Å². The second kappa shape index (κ2) is 8.54. The largest absolute Gasteiger partial charge is 1.00 e. The summed E-state index contributed by atoms with van der Waals surface area (Å²) in [5.74, 6) is 0.789. The van der Waals surface area contributed by atoms with E-state index in [9.17, 15) is 0 Å². The molecule has 26 heavy (non-hydrogen) atoms. The number of nitrogens with zero attached hydrogens (tertiary/aromatic N) is 1. The molecular formula is C24H30BrN. The molecule has 0 N–H and O–H groups in total. The number of unbranched alkanes of at least 4 members (excludes halogenated alkanes) is 1. The smallest absolute Gasteiger partial charge is 0.102 e. The van der Waals surface area contributed by atoms with Crippen LogP contribution in [0.1, 0.15) is 43.7 Å². The predicted molar refractivity (Wildman–Crippen MR) is 106 cm³/mol. The summed E-state index contributed by atoms with van der Waals surface area (Å²) in [6.45, 7) is 7.74. The van der Waals surface area contributed by atoms with Crippen molar-refractivity contribution in [1.29, 1.82) is 0 Å². The predicted octanol–water partition coefficient (Wildman–Crippen LogP) is 2.53. The Kier molecular flexibility index (Phi) is 6.37. The summed E-state index contributed by atoms with van der Waals surface area (Å²) in [4.78, 5) is 0. The van der Waals surface area contributed by atoms with Gasteiger partial charge in [0.15, 0.2) is 0 Å². The van der Waals surface area contributed by atoms with Crippen molar-refractivity contribution < 1.29 is 21.5 Å². The molecule has 0 aliphatic carbocycles. The Hall–Kier alpha value is -1.38. The van der Waals surface area contributed by atoms with E-state index >= 15 is 0 Å². The summed E-state index contributed by atoms with van der Waals surface area (Å²) in [5.41, 5.74) is 6.03. The highest BCUT2D eigenvalue weighted by Gasteiger charge is 2.43. The van der Waals surface area contributed by atoms with Gasteiger partial charge < -0.3 is 21.5 Å². The van der Waals surface area contributed by atoms with Gasteiger partial charge in [-0.3, -0.25) is 0 Å². The monoisotopic (exact) mass is 411 g/mol. The minimum absolute atomic E-state index is 0. The zero-order valence-corrected chi connectivity index (χ0v) is 17.4. The molecule has 138 valence electrons. The number of hydrogen-bond donors (Lipinski definition) is 0. The number of benzene rings is 2. The van der Waals surface area contributed by atoms with Gasteiger partial charge in [-0.25, -0.2) is 0 Å². The number of quaternary nitrogens is 1. The van der Waals surface area contributed by atoms with Crippen LogP contribution in [0.25, 0.3) is 5.57 Å². The first kappa shape index (κ1) is 19.4. The van der Waals surface area contributed by atoms with Gasteiger partial charge in [-0.2, -0.15) is 0 Å². The third-order valence-corrected chi connectivity index (χ3v) is 6.33. The summed E-state index contributed by atoms with van der Waals surface area (Å²) in [6, 6.07) is 22.2. The SMILES string of the molecule is CCCC[N+]12CCC(CC1)C(=C(c1ccccc1)c1ccccc1)C2.[Br-]. The lowest BCUT2D eigenvalue weighted by molar-refractivity contribution is -0.936. The Morgan fingerprint density at radius 2 is 1.42 bits per heavy atom. The maximum absolute atomic E-state index is 2.32. The van der Waals surface area contributed by atoms with Crippen LogP contribution >= 0.6 is 0 Å². The van der Waals surface area contributed by atoms with E-state index in [1.807, 2.05) is 0 Å². The van der Waals surface area contributed by atoms with Crippen LogP contribution in [0, 0.1) is 5.92 Å². The molecule has 3 fully saturated rings. The lowest BCUT2D eigenvalue weighted by Crippen LogP contribution is -3.00. The minimum atomic E-state index is 0. The molecule has 3 saturated heterocycles. The zero-order valence-electron chi connectivity index (χ0n) is 15.8. The van der Waals surface area contributed by atoms with Gasteiger partial charge in [-0.1, -0.05) is 74.0 Å². The van der Waals surface area contributed by atoms with Crippen molar-refractivity contribution in [2.24, 2.45) is 5.92 Å². The van der Waals surface area contributed by atoms with Gasteiger partial charge in [0.05, 0.1) is 19.6 Å². The van der Waals surface area contributed by atoms with Crippen molar-refractivity contribution in [2.75, 3.05) is 26.2 Å². The Bertz CT molecular complexity index is 686. The van der Waals surface area contributed by atoms with Crippen molar-refractivity contribution in [3.8, 4) is 0 Å². The maximum atomic E-state index is 2.32. The van der Waals surface area contributed by atoms with Gasteiger partial charge in [-0.05, 0) is 34.6 Å². The van der Waals surface area contributed by atoms with Crippen LogP contribution in [0.3, 0.4) is 0 Å².